The van der Waals surface area contributed by atoms with Gasteiger partial charge in [-0.05, 0) is 135 Å². The number of nitrogens with one attached hydrogen (secondary N) is 3. The summed E-state index contributed by atoms with van der Waals surface area (Å²) >= 11 is 0. The van der Waals surface area contributed by atoms with E-state index in [1.807, 2.05) is 0 Å². The van der Waals surface area contributed by atoms with Crippen molar-refractivity contribution in [3.8, 4) is 11.5 Å². The van der Waals surface area contributed by atoms with Gasteiger partial charge in [0.15, 0.2) is 11.5 Å². The van der Waals surface area contributed by atoms with E-state index >= 15 is 0 Å². The molecule has 4 saturated carbocycles. The van der Waals surface area contributed by atoms with Crippen LogP contribution in [0, 0.1) is 52.3 Å². The normalized spacial score (nSPS) is 44.5. The second-order valence-corrected chi connectivity index (χ2v) is 17.0. The van der Waals surface area contributed by atoms with Crippen LogP contribution < -0.4 is 16.0 Å². The molecule has 1 aromatic rings. The molecular formula is C38H57N3O5. The summed E-state index contributed by atoms with van der Waals surface area (Å²) in [5.41, 5.74) is 1.41. The van der Waals surface area contributed by atoms with Crippen LogP contribution in [0.5, 0.6) is 11.5 Å². The highest BCUT2D eigenvalue weighted by Gasteiger charge is 2.68. The van der Waals surface area contributed by atoms with E-state index in [2.05, 4.69) is 43.6 Å². The van der Waals surface area contributed by atoms with E-state index in [4.69, 9.17) is 4.74 Å². The van der Waals surface area contributed by atoms with Crippen LogP contribution in [0.1, 0.15) is 104 Å². The lowest BCUT2D eigenvalue weighted by atomic mass is 9.44. The minimum atomic E-state index is -0.286. The third-order valence-electron chi connectivity index (χ3n) is 14.6. The van der Waals surface area contributed by atoms with Gasteiger partial charge in [0.25, 0.3) is 0 Å². The minimum Gasteiger partial charge on any atom is -0.504 e. The molecule has 254 valence electrons. The number of carbonyl (C=O) groups is 2. The number of carbonyl (C=O) groups excluding carboxylic acids is 2. The predicted octanol–water partition coefficient (Wildman–Crippen LogP) is 5.65. The van der Waals surface area contributed by atoms with Gasteiger partial charge in [-0.3, -0.25) is 14.9 Å². The maximum absolute atomic E-state index is 12.9. The molecule has 6 aliphatic rings. The second-order valence-electron chi connectivity index (χ2n) is 17.0. The van der Waals surface area contributed by atoms with Gasteiger partial charge < -0.3 is 25.6 Å². The molecule has 0 radical (unpaired) electrons. The van der Waals surface area contributed by atoms with Gasteiger partial charge in [-0.1, -0.05) is 33.8 Å². The molecule has 6 fully saturated rings. The van der Waals surface area contributed by atoms with Crippen LogP contribution in [-0.4, -0.2) is 53.0 Å². The molecular weight excluding hydrogens is 578 g/mol. The number of hydrogen-bond acceptors (Lipinski definition) is 6. The molecule has 1 aromatic carbocycles. The Bertz CT molecular complexity index is 1330. The Morgan fingerprint density at radius 1 is 0.935 bits per heavy atom. The molecule has 0 aromatic heterocycles. The smallest absolute Gasteiger partial charge is 0.229 e. The molecule has 1 spiro atoms. The average Bonchev–Trinajstić information content (AvgIpc) is 3.46. The Kier molecular flexibility index (Phi) is 8.39. The second kappa shape index (κ2) is 12.0. The number of phenolic OH excluding ortho intramolecular Hbond substituents is 2. The van der Waals surface area contributed by atoms with Gasteiger partial charge >= 0.3 is 0 Å². The monoisotopic (exact) mass is 635 g/mol. The van der Waals surface area contributed by atoms with Gasteiger partial charge in [0.05, 0.1) is 6.10 Å². The first-order chi connectivity index (χ1) is 21.9. The molecule has 46 heavy (non-hydrogen) atoms. The van der Waals surface area contributed by atoms with E-state index in [9.17, 15) is 19.8 Å². The number of piperidine rings is 1. The highest BCUT2D eigenvalue weighted by Crippen LogP contribution is 2.71. The lowest BCUT2D eigenvalue weighted by Crippen LogP contribution is -2.58. The Morgan fingerprint density at radius 2 is 1.74 bits per heavy atom. The van der Waals surface area contributed by atoms with Gasteiger partial charge in [0.2, 0.25) is 11.8 Å². The number of rotatable bonds is 6. The van der Waals surface area contributed by atoms with E-state index in [0.29, 0.717) is 47.7 Å². The Labute approximate surface area is 275 Å². The van der Waals surface area contributed by atoms with E-state index in [1.54, 1.807) is 6.07 Å². The molecule has 12 atom stereocenters. The largest absolute Gasteiger partial charge is 0.504 e. The topological polar surface area (TPSA) is 120 Å². The summed E-state index contributed by atoms with van der Waals surface area (Å²) in [7, 11) is 0. The van der Waals surface area contributed by atoms with E-state index in [1.165, 1.54) is 50.7 Å². The number of ether oxygens (including phenoxy) is 1. The molecule has 0 bridgehead atoms. The molecule has 8 heteroatoms. The zero-order valence-corrected chi connectivity index (χ0v) is 28.4. The van der Waals surface area contributed by atoms with Crippen LogP contribution in [0.3, 0.4) is 0 Å². The number of fused-ring (bicyclic) bond motifs is 7. The van der Waals surface area contributed by atoms with E-state index < -0.39 is 0 Å². The summed E-state index contributed by atoms with van der Waals surface area (Å²) in [5.74, 6) is 4.09. The van der Waals surface area contributed by atoms with Crippen molar-refractivity contribution in [1.29, 1.82) is 0 Å². The molecule has 5 N–H and O–H groups in total. The maximum Gasteiger partial charge on any atom is 0.229 e. The SMILES string of the molecule is C[C@@H]1CC[C@@]2(NC1)O[C@H]1C[C@H]3[C@@H]4CC[C@H]5C[C@@H](NC(=O)CC(=O)NCCc6ccc(O)c(O)c6)CC[C@]5(C)[C@H]4CC[C@]3(C)[C@H]1[C@@H]2C. The van der Waals surface area contributed by atoms with Crippen molar-refractivity contribution in [3.63, 3.8) is 0 Å². The molecule has 0 unspecified atom stereocenters. The molecule has 2 amide bonds. The summed E-state index contributed by atoms with van der Waals surface area (Å²) < 4.78 is 7.07. The number of aromatic hydroxyl groups is 2. The molecule has 7 rings (SSSR count). The van der Waals surface area contributed by atoms with Crippen LogP contribution in [0.15, 0.2) is 18.2 Å². The summed E-state index contributed by atoms with van der Waals surface area (Å²) in [6.45, 7) is 11.5. The fourth-order valence-electron chi connectivity index (χ4n) is 12.1. The zero-order chi connectivity index (χ0) is 32.4. The minimum absolute atomic E-state index is 0.0987. The van der Waals surface area contributed by atoms with Crippen molar-refractivity contribution in [2.24, 2.45) is 52.3 Å². The van der Waals surface area contributed by atoms with Crippen LogP contribution in [0.25, 0.3) is 0 Å². The predicted molar refractivity (Wildman–Crippen MR) is 177 cm³/mol. The number of hydrogen-bond donors (Lipinski definition) is 5. The van der Waals surface area contributed by atoms with E-state index in [0.717, 1.165) is 61.5 Å². The standard InChI is InChI=1S/C38H57N3O5/c1-22-9-15-38(40-21-22)23(2)35-32(46-38)19-29-27-7-6-25-18-26(10-13-36(25,3)28(27)11-14-37(29,35)4)41-34(45)20-33(44)39-16-12-24-5-8-30(42)31(43)17-24/h5,8,17,22-23,25-29,32,35,40,42-43H,6-7,9-16,18-21H2,1-4H3,(H,39,44)(H,41,45)/t22-,23+,25+,26+,27-,28+,29+,32+,35+,36+,37+,38-/m1/s1. The summed E-state index contributed by atoms with van der Waals surface area (Å²) in [4.78, 5) is 25.3. The van der Waals surface area contributed by atoms with Crippen molar-refractivity contribution in [3.05, 3.63) is 23.8 Å². The number of benzene rings is 1. The summed E-state index contributed by atoms with van der Waals surface area (Å²) in [6, 6.07) is 4.78. The fourth-order valence-corrected chi connectivity index (χ4v) is 12.1. The summed E-state index contributed by atoms with van der Waals surface area (Å²) in [5, 5.41) is 29.1. The Hall–Kier alpha value is -2.32. The number of phenols is 2. The summed E-state index contributed by atoms with van der Waals surface area (Å²) in [6.07, 6.45) is 12.8. The lowest BCUT2D eigenvalue weighted by Gasteiger charge is -2.61. The van der Waals surface area contributed by atoms with Crippen molar-refractivity contribution in [1.82, 2.24) is 16.0 Å². The molecule has 2 aliphatic heterocycles. The molecule has 4 aliphatic carbocycles. The van der Waals surface area contributed by atoms with Gasteiger partial charge in [-0.2, -0.15) is 0 Å². The van der Waals surface area contributed by atoms with Crippen LogP contribution >= 0.6 is 0 Å². The highest BCUT2D eigenvalue weighted by molar-refractivity contribution is 5.96. The van der Waals surface area contributed by atoms with Crippen molar-refractivity contribution < 1.29 is 24.5 Å². The highest BCUT2D eigenvalue weighted by atomic mass is 16.5. The van der Waals surface area contributed by atoms with Gasteiger partial charge in [0, 0.05) is 25.0 Å². The molecule has 2 saturated heterocycles. The van der Waals surface area contributed by atoms with Crippen molar-refractivity contribution >= 4 is 11.8 Å². The van der Waals surface area contributed by atoms with Crippen molar-refractivity contribution in [2.75, 3.05) is 13.1 Å². The van der Waals surface area contributed by atoms with Crippen LogP contribution in [0.2, 0.25) is 0 Å². The van der Waals surface area contributed by atoms with Crippen LogP contribution in [-0.2, 0) is 20.7 Å². The first-order valence-corrected chi connectivity index (χ1v) is 18.4. The third-order valence-corrected chi connectivity index (χ3v) is 14.6. The van der Waals surface area contributed by atoms with Crippen molar-refractivity contribution in [2.45, 2.75) is 123 Å². The lowest BCUT2D eigenvalue weighted by molar-refractivity contribution is -0.137. The average molecular weight is 636 g/mol. The van der Waals surface area contributed by atoms with Gasteiger partial charge in [-0.25, -0.2) is 0 Å². The molecule has 2 heterocycles. The first kappa shape index (κ1) is 32.2. The van der Waals surface area contributed by atoms with Gasteiger partial charge in [-0.15, -0.1) is 0 Å². The molecule has 8 nitrogen and oxygen atoms in total. The quantitative estimate of drug-likeness (QED) is 0.204. The number of amides is 2. The van der Waals surface area contributed by atoms with Crippen LogP contribution in [0.4, 0.5) is 0 Å². The maximum atomic E-state index is 12.9. The third kappa shape index (κ3) is 5.43. The zero-order valence-electron chi connectivity index (χ0n) is 28.4. The van der Waals surface area contributed by atoms with Gasteiger partial charge in [0.1, 0.15) is 12.1 Å². The Morgan fingerprint density at radius 3 is 2.50 bits per heavy atom. The van der Waals surface area contributed by atoms with E-state index in [-0.39, 0.29) is 41.5 Å². The first-order valence-electron chi connectivity index (χ1n) is 18.4. The fraction of sp³-hybridized carbons (Fsp3) is 0.789. The Balaban J connectivity index is 0.914.